The van der Waals surface area contributed by atoms with E-state index >= 15 is 0 Å². The molecule has 0 bridgehead atoms. The van der Waals surface area contributed by atoms with Crippen molar-refractivity contribution in [2.75, 3.05) is 12.4 Å². The summed E-state index contributed by atoms with van der Waals surface area (Å²) in [6.45, 7) is 0. The maximum absolute atomic E-state index is 12.1. The van der Waals surface area contributed by atoms with Crippen molar-refractivity contribution in [1.82, 2.24) is 0 Å². The van der Waals surface area contributed by atoms with Crippen LogP contribution in [0.3, 0.4) is 0 Å². The van der Waals surface area contributed by atoms with Crippen LogP contribution in [0.4, 0.5) is 5.69 Å². The zero-order valence-corrected chi connectivity index (χ0v) is 11.7. The lowest BCUT2D eigenvalue weighted by Gasteiger charge is -2.18. The first-order chi connectivity index (χ1) is 9.76. The number of carbonyl (C=O) groups excluding carboxylic acids is 1. The van der Waals surface area contributed by atoms with Crippen LogP contribution in [-0.4, -0.2) is 13.0 Å². The minimum absolute atomic E-state index is 0.0653. The van der Waals surface area contributed by atoms with Crippen molar-refractivity contribution in [1.29, 1.82) is 0 Å². The van der Waals surface area contributed by atoms with Gasteiger partial charge in [0.1, 0.15) is 5.75 Å². The zero-order valence-electron chi connectivity index (χ0n) is 10.9. The minimum atomic E-state index is -0.0653. The number of rotatable bonds is 2. The summed E-state index contributed by atoms with van der Waals surface area (Å²) < 4.78 is 5.12. The molecule has 0 unspecified atom stereocenters. The molecular weight excluding hydrogens is 270 g/mol. The smallest absolute Gasteiger partial charge is 0.262 e. The normalized spacial score (nSPS) is 15.7. The molecule has 20 heavy (non-hydrogen) atoms. The Kier molecular flexibility index (Phi) is 3.48. The first kappa shape index (κ1) is 12.8. The highest BCUT2D eigenvalue weighted by atomic mass is 32.2. The van der Waals surface area contributed by atoms with Crippen LogP contribution in [0, 0.1) is 0 Å². The Morgan fingerprint density at radius 2 is 1.85 bits per heavy atom. The molecule has 0 aromatic heterocycles. The third-order valence-electron chi connectivity index (χ3n) is 2.99. The third kappa shape index (κ3) is 2.56. The maximum Gasteiger partial charge on any atom is 0.262 e. The fraction of sp³-hybridized carbons (Fsp3) is 0.0625. The highest BCUT2D eigenvalue weighted by Gasteiger charge is 2.20. The number of benzene rings is 2. The molecule has 0 radical (unpaired) electrons. The van der Waals surface area contributed by atoms with E-state index < -0.39 is 0 Å². The quantitative estimate of drug-likeness (QED) is 0.852. The second-order valence-electron chi connectivity index (χ2n) is 4.33. The molecular formula is C16H13NO2S. The number of para-hydroxylation sites is 1. The molecule has 1 heterocycles. The monoisotopic (exact) mass is 283 g/mol. The van der Waals surface area contributed by atoms with Crippen LogP contribution in [0.1, 0.15) is 5.56 Å². The predicted octanol–water partition coefficient (Wildman–Crippen LogP) is 3.78. The Morgan fingerprint density at radius 1 is 1.10 bits per heavy atom. The molecule has 0 spiro atoms. The molecule has 1 N–H and O–H groups in total. The van der Waals surface area contributed by atoms with Gasteiger partial charge < -0.3 is 10.1 Å². The Balaban J connectivity index is 1.90. The standard InChI is InChI=1S/C16H13NO2S/c1-19-12-8-6-11(7-9-12)10-15-16(18)17-13-4-2-3-5-14(13)20-15/h2-10H,1H3,(H,17,18)/b15-10-. The largest absolute Gasteiger partial charge is 0.497 e. The van der Waals surface area contributed by atoms with Gasteiger partial charge in [-0.2, -0.15) is 0 Å². The van der Waals surface area contributed by atoms with Crippen molar-refractivity contribution in [3.8, 4) is 5.75 Å². The molecule has 2 aromatic rings. The predicted molar refractivity (Wildman–Crippen MR) is 81.9 cm³/mol. The number of methoxy groups -OCH3 is 1. The first-order valence-corrected chi connectivity index (χ1v) is 7.02. The molecule has 0 atom stereocenters. The molecule has 3 rings (SSSR count). The summed E-state index contributed by atoms with van der Waals surface area (Å²) in [6.07, 6.45) is 1.88. The second-order valence-corrected chi connectivity index (χ2v) is 5.42. The lowest BCUT2D eigenvalue weighted by atomic mass is 10.2. The van der Waals surface area contributed by atoms with Crippen molar-refractivity contribution in [3.63, 3.8) is 0 Å². The molecule has 0 aliphatic carbocycles. The molecule has 2 aromatic carbocycles. The van der Waals surface area contributed by atoms with Gasteiger partial charge in [0.25, 0.3) is 5.91 Å². The number of nitrogens with one attached hydrogen (secondary N) is 1. The van der Waals surface area contributed by atoms with E-state index in [1.165, 1.54) is 11.8 Å². The van der Waals surface area contributed by atoms with Crippen molar-refractivity contribution >= 4 is 29.4 Å². The van der Waals surface area contributed by atoms with Gasteiger partial charge in [0.15, 0.2) is 0 Å². The topological polar surface area (TPSA) is 38.3 Å². The number of amides is 1. The van der Waals surface area contributed by atoms with Crippen LogP contribution < -0.4 is 10.1 Å². The summed E-state index contributed by atoms with van der Waals surface area (Å²) in [6, 6.07) is 15.4. The van der Waals surface area contributed by atoms with Crippen molar-refractivity contribution in [2.45, 2.75) is 4.90 Å². The van der Waals surface area contributed by atoms with E-state index in [2.05, 4.69) is 5.32 Å². The van der Waals surface area contributed by atoms with Crippen LogP contribution in [0.2, 0.25) is 0 Å². The summed E-state index contributed by atoms with van der Waals surface area (Å²) in [4.78, 5) is 13.8. The number of ether oxygens (including phenoxy) is 1. The van der Waals surface area contributed by atoms with Gasteiger partial charge in [0.05, 0.1) is 17.7 Å². The Hall–Kier alpha value is -2.20. The summed E-state index contributed by atoms with van der Waals surface area (Å²) in [7, 11) is 1.63. The molecule has 3 nitrogen and oxygen atoms in total. The summed E-state index contributed by atoms with van der Waals surface area (Å²) in [5, 5.41) is 2.90. The SMILES string of the molecule is COc1ccc(/C=C2\Sc3ccccc3NC2=O)cc1. The van der Waals surface area contributed by atoms with Crippen LogP contribution in [0.15, 0.2) is 58.3 Å². The number of thioether (sulfide) groups is 1. The van der Waals surface area contributed by atoms with Gasteiger partial charge in [-0.15, -0.1) is 0 Å². The average molecular weight is 283 g/mol. The second kappa shape index (κ2) is 5.43. The van der Waals surface area contributed by atoms with Gasteiger partial charge >= 0.3 is 0 Å². The number of anilines is 1. The Labute approximate surface area is 121 Å². The highest BCUT2D eigenvalue weighted by Crippen LogP contribution is 2.38. The Bertz CT molecular complexity index is 677. The number of fused-ring (bicyclic) bond motifs is 1. The van der Waals surface area contributed by atoms with Crippen LogP contribution in [0.25, 0.3) is 6.08 Å². The fourth-order valence-electron chi connectivity index (χ4n) is 1.95. The number of carbonyl (C=O) groups is 1. The molecule has 1 aliphatic heterocycles. The molecule has 1 amide bonds. The van der Waals surface area contributed by atoms with E-state index in [1.807, 2.05) is 54.6 Å². The molecule has 1 aliphatic rings. The summed E-state index contributed by atoms with van der Waals surface area (Å²) in [5.41, 5.74) is 1.84. The van der Waals surface area contributed by atoms with E-state index in [0.717, 1.165) is 21.9 Å². The van der Waals surface area contributed by atoms with E-state index in [-0.39, 0.29) is 5.91 Å². The van der Waals surface area contributed by atoms with E-state index in [9.17, 15) is 4.79 Å². The molecule has 0 fully saturated rings. The maximum atomic E-state index is 12.1. The highest BCUT2D eigenvalue weighted by molar-refractivity contribution is 8.04. The van der Waals surface area contributed by atoms with Gasteiger partial charge in [-0.3, -0.25) is 4.79 Å². The van der Waals surface area contributed by atoms with E-state index in [1.54, 1.807) is 7.11 Å². The first-order valence-electron chi connectivity index (χ1n) is 6.20. The van der Waals surface area contributed by atoms with Crippen LogP contribution >= 0.6 is 11.8 Å². The van der Waals surface area contributed by atoms with Crippen molar-refractivity contribution in [2.24, 2.45) is 0 Å². The number of hydrogen-bond acceptors (Lipinski definition) is 3. The van der Waals surface area contributed by atoms with Crippen molar-refractivity contribution in [3.05, 3.63) is 59.0 Å². The van der Waals surface area contributed by atoms with Crippen LogP contribution in [0.5, 0.6) is 5.75 Å². The Morgan fingerprint density at radius 3 is 2.60 bits per heavy atom. The van der Waals surface area contributed by atoms with E-state index in [0.29, 0.717) is 4.91 Å². The van der Waals surface area contributed by atoms with Gasteiger partial charge in [-0.1, -0.05) is 36.0 Å². The molecule has 100 valence electrons. The molecule has 0 saturated heterocycles. The summed E-state index contributed by atoms with van der Waals surface area (Å²) in [5.74, 6) is 0.739. The van der Waals surface area contributed by atoms with Crippen LogP contribution in [-0.2, 0) is 4.79 Å². The van der Waals surface area contributed by atoms with Gasteiger partial charge in [0.2, 0.25) is 0 Å². The van der Waals surface area contributed by atoms with Gasteiger partial charge in [-0.05, 0) is 35.9 Å². The van der Waals surface area contributed by atoms with Gasteiger partial charge in [0, 0.05) is 4.90 Å². The van der Waals surface area contributed by atoms with Gasteiger partial charge in [-0.25, -0.2) is 0 Å². The third-order valence-corrected chi connectivity index (χ3v) is 4.09. The fourth-order valence-corrected chi connectivity index (χ4v) is 2.91. The number of hydrogen-bond donors (Lipinski definition) is 1. The van der Waals surface area contributed by atoms with E-state index in [4.69, 9.17) is 4.74 Å². The van der Waals surface area contributed by atoms with Crippen molar-refractivity contribution < 1.29 is 9.53 Å². The zero-order chi connectivity index (χ0) is 13.9. The molecule has 0 saturated carbocycles. The lowest BCUT2D eigenvalue weighted by Crippen LogP contribution is -2.16. The summed E-state index contributed by atoms with van der Waals surface area (Å²) >= 11 is 1.49. The molecule has 4 heteroatoms. The lowest BCUT2D eigenvalue weighted by molar-refractivity contribution is -0.112. The average Bonchev–Trinajstić information content (AvgIpc) is 2.49. The minimum Gasteiger partial charge on any atom is -0.497 e.